The monoisotopic (exact) mass is 552 g/mol. The number of rotatable bonds is 7. The van der Waals surface area contributed by atoms with E-state index in [-0.39, 0.29) is 17.2 Å². The van der Waals surface area contributed by atoms with Gasteiger partial charge in [-0.05, 0) is 48.7 Å². The molecule has 8 heteroatoms. The Bertz CT molecular complexity index is 1680. The van der Waals surface area contributed by atoms with Crippen LogP contribution in [0.1, 0.15) is 21.6 Å². The molecule has 5 aromatic rings. The standard InChI is InChI=1S/C31H28N4O2S2/c1-21-12-14-23(15-13-21)32-27(36)20-38-31-33-29-28(30(37)35(31)24-10-6-3-7-11-24)25-16-17-34(19-26(25)39-29)18-22-8-4-2-5-9-22/h2-15H,16-20H2,1H3,(H,32,36). The first-order valence-electron chi connectivity index (χ1n) is 12.9. The number of nitrogens with one attached hydrogen (secondary N) is 1. The van der Waals surface area contributed by atoms with E-state index in [4.69, 9.17) is 4.98 Å². The number of carbonyl (C=O) groups is 1. The van der Waals surface area contributed by atoms with Gasteiger partial charge in [-0.15, -0.1) is 11.3 Å². The maximum atomic E-state index is 14.0. The lowest BCUT2D eigenvalue weighted by Crippen LogP contribution is -2.30. The molecule has 0 atom stereocenters. The molecule has 1 aliphatic rings. The second-order valence-corrected chi connectivity index (χ2v) is 11.7. The number of anilines is 1. The predicted octanol–water partition coefficient (Wildman–Crippen LogP) is 6.04. The van der Waals surface area contributed by atoms with E-state index in [0.717, 1.165) is 53.4 Å². The number of nitrogens with zero attached hydrogens (tertiary/aromatic N) is 3. The molecule has 0 saturated carbocycles. The summed E-state index contributed by atoms with van der Waals surface area (Å²) in [5, 5.41) is 4.18. The zero-order valence-electron chi connectivity index (χ0n) is 21.6. The number of hydrogen-bond donors (Lipinski definition) is 1. The Morgan fingerprint density at radius 3 is 2.46 bits per heavy atom. The summed E-state index contributed by atoms with van der Waals surface area (Å²) >= 11 is 2.89. The smallest absolute Gasteiger partial charge is 0.267 e. The third-order valence-corrected chi connectivity index (χ3v) is 8.90. The zero-order chi connectivity index (χ0) is 26.8. The van der Waals surface area contributed by atoms with E-state index < -0.39 is 0 Å². The molecule has 196 valence electrons. The highest BCUT2D eigenvalue weighted by molar-refractivity contribution is 7.99. The van der Waals surface area contributed by atoms with Crippen LogP contribution in [0.2, 0.25) is 0 Å². The van der Waals surface area contributed by atoms with Crippen LogP contribution in [-0.4, -0.2) is 32.7 Å². The van der Waals surface area contributed by atoms with Gasteiger partial charge in [0, 0.05) is 30.2 Å². The highest BCUT2D eigenvalue weighted by Gasteiger charge is 2.26. The highest BCUT2D eigenvalue weighted by Crippen LogP contribution is 2.34. The molecule has 2 aromatic heterocycles. The summed E-state index contributed by atoms with van der Waals surface area (Å²) in [6, 6.07) is 27.7. The summed E-state index contributed by atoms with van der Waals surface area (Å²) in [6.07, 6.45) is 0.819. The van der Waals surface area contributed by atoms with Crippen molar-refractivity contribution in [3.05, 3.63) is 117 Å². The van der Waals surface area contributed by atoms with E-state index in [1.54, 1.807) is 15.9 Å². The molecule has 0 aliphatic carbocycles. The van der Waals surface area contributed by atoms with Crippen molar-refractivity contribution >= 4 is 44.9 Å². The Hall–Kier alpha value is -3.72. The summed E-state index contributed by atoms with van der Waals surface area (Å²) in [6.45, 7) is 4.59. The van der Waals surface area contributed by atoms with E-state index in [1.165, 1.54) is 22.2 Å². The van der Waals surface area contributed by atoms with Gasteiger partial charge in [0.2, 0.25) is 5.91 Å². The second kappa shape index (κ2) is 11.2. The molecular weight excluding hydrogens is 525 g/mol. The van der Waals surface area contributed by atoms with Crippen LogP contribution in [-0.2, 0) is 24.3 Å². The van der Waals surface area contributed by atoms with Gasteiger partial charge in [0.1, 0.15) is 4.83 Å². The third kappa shape index (κ3) is 5.54. The van der Waals surface area contributed by atoms with Gasteiger partial charge in [0.25, 0.3) is 5.56 Å². The number of para-hydroxylation sites is 1. The topological polar surface area (TPSA) is 67.2 Å². The summed E-state index contributed by atoms with van der Waals surface area (Å²) in [4.78, 5) is 36.1. The third-order valence-electron chi connectivity index (χ3n) is 6.85. The Labute approximate surface area is 235 Å². The predicted molar refractivity (Wildman–Crippen MR) is 160 cm³/mol. The maximum Gasteiger partial charge on any atom is 0.267 e. The van der Waals surface area contributed by atoms with Gasteiger partial charge in [0.05, 0.1) is 16.8 Å². The van der Waals surface area contributed by atoms with Gasteiger partial charge in [-0.25, -0.2) is 4.98 Å². The minimum atomic E-state index is -0.139. The molecule has 0 fully saturated rings. The van der Waals surface area contributed by atoms with Crippen molar-refractivity contribution in [2.75, 3.05) is 17.6 Å². The Kier molecular flexibility index (Phi) is 7.32. The van der Waals surface area contributed by atoms with Crippen LogP contribution in [0.5, 0.6) is 0 Å². The number of thioether (sulfide) groups is 1. The molecule has 6 rings (SSSR count). The molecule has 1 aliphatic heterocycles. The van der Waals surface area contributed by atoms with E-state index in [9.17, 15) is 9.59 Å². The molecule has 3 heterocycles. The van der Waals surface area contributed by atoms with E-state index in [1.807, 2.05) is 67.6 Å². The van der Waals surface area contributed by atoms with Gasteiger partial charge in [-0.3, -0.25) is 19.1 Å². The largest absolute Gasteiger partial charge is 0.325 e. The first kappa shape index (κ1) is 25.6. The lowest BCUT2D eigenvalue weighted by atomic mass is 10.0. The Morgan fingerprint density at radius 1 is 1.00 bits per heavy atom. The van der Waals surface area contributed by atoms with Crippen molar-refractivity contribution in [1.82, 2.24) is 14.5 Å². The average Bonchev–Trinajstić information content (AvgIpc) is 3.32. The molecule has 1 N–H and O–H groups in total. The molecule has 0 spiro atoms. The van der Waals surface area contributed by atoms with Crippen LogP contribution < -0.4 is 10.9 Å². The molecule has 0 unspecified atom stereocenters. The molecule has 0 bridgehead atoms. The Morgan fingerprint density at radius 2 is 1.72 bits per heavy atom. The number of amides is 1. The average molecular weight is 553 g/mol. The summed E-state index contributed by atoms with van der Waals surface area (Å²) in [7, 11) is 0. The van der Waals surface area contributed by atoms with Crippen molar-refractivity contribution in [1.29, 1.82) is 0 Å². The molecule has 6 nitrogen and oxygen atoms in total. The molecule has 0 radical (unpaired) electrons. The van der Waals surface area contributed by atoms with Crippen molar-refractivity contribution in [3.63, 3.8) is 0 Å². The number of aromatic nitrogens is 2. The summed E-state index contributed by atoms with van der Waals surface area (Å²) in [5.41, 5.74) is 4.97. The SMILES string of the molecule is Cc1ccc(NC(=O)CSc2nc3sc4c(c3c(=O)n2-c2ccccc2)CCN(Cc2ccccc2)C4)cc1. The zero-order valence-corrected chi connectivity index (χ0v) is 23.2. The van der Waals surface area contributed by atoms with E-state index in [2.05, 4.69) is 34.5 Å². The minimum absolute atomic E-state index is 0.0679. The summed E-state index contributed by atoms with van der Waals surface area (Å²) < 4.78 is 1.66. The van der Waals surface area contributed by atoms with E-state index in [0.29, 0.717) is 10.5 Å². The molecule has 1 amide bonds. The van der Waals surface area contributed by atoms with Crippen molar-refractivity contribution < 1.29 is 4.79 Å². The summed E-state index contributed by atoms with van der Waals surface area (Å²) in [5.74, 6) is 0.00838. The van der Waals surface area contributed by atoms with Gasteiger partial charge >= 0.3 is 0 Å². The number of hydrogen-bond acceptors (Lipinski definition) is 6. The lowest BCUT2D eigenvalue weighted by molar-refractivity contribution is -0.113. The highest BCUT2D eigenvalue weighted by atomic mass is 32.2. The van der Waals surface area contributed by atoms with Gasteiger partial charge in [-0.2, -0.15) is 0 Å². The van der Waals surface area contributed by atoms with Gasteiger partial charge in [-0.1, -0.05) is 78.0 Å². The van der Waals surface area contributed by atoms with Crippen molar-refractivity contribution in [2.24, 2.45) is 0 Å². The Balaban J connectivity index is 1.31. The van der Waals surface area contributed by atoms with Crippen molar-refractivity contribution in [2.45, 2.75) is 31.6 Å². The number of aryl methyl sites for hydroxylation is 1. The van der Waals surface area contributed by atoms with Crippen LogP contribution in [0, 0.1) is 6.92 Å². The van der Waals surface area contributed by atoms with Gasteiger partial charge < -0.3 is 5.32 Å². The number of benzene rings is 3. The minimum Gasteiger partial charge on any atom is -0.325 e. The first-order valence-corrected chi connectivity index (χ1v) is 14.7. The molecule has 3 aromatic carbocycles. The maximum absolute atomic E-state index is 14.0. The second-order valence-electron chi connectivity index (χ2n) is 9.70. The number of thiophene rings is 1. The lowest BCUT2D eigenvalue weighted by Gasteiger charge is -2.26. The van der Waals surface area contributed by atoms with Crippen LogP contribution in [0.15, 0.2) is 94.9 Å². The van der Waals surface area contributed by atoms with Gasteiger partial charge in [0.15, 0.2) is 5.16 Å². The normalized spacial score (nSPS) is 13.4. The molecule has 39 heavy (non-hydrogen) atoms. The fraction of sp³-hybridized carbons (Fsp3) is 0.194. The molecule has 0 saturated heterocycles. The first-order chi connectivity index (χ1) is 19.0. The number of carbonyl (C=O) groups excluding carboxylic acids is 1. The van der Waals surface area contributed by atoms with E-state index >= 15 is 0 Å². The molecular formula is C31H28N4O2S2. The van der Waals surface area contributed by atoms with Crippen LogP contribution in [0.4, 0.5) is 5.69 Å². The van der Waals surface area contributed by atoms with Crippen LogP contribution in [0.25, 0.3) is 15.9 Å². The fourth-order valence-electron chi connectivity index (χ4n) is 4.92. The number of fused-ring (bicyclic) bond motifs is 3. The fourth-order valence-corrected chi connectivity index (χ4v) is 7.03. The van der Waals surface area contributed by atoms with Crippen molar-refractivity contribution in [3.8, 4) is 5.69 Å². The quantitative estimate of drug-likeness (QED) is 0.197. The van der Waals surface area contributed by atoms with Crippen LogP contribution >= 0.6 is 23.1 Å². The van der Waals surface area contributed by atoms with Crippen LogP contribution in [0.3, 0.4) is 0 Å².